The summed E-state index contributed by atoms with van der Waals surface area (Å²) in [5.41, 5.74) is 0.484. The standard InChI is InChI=1S/C15H18ClN3O4/c1-18-9-14(21)19(15(18)22)7-3-4-13(20)17-11-8-10(16)5-6-12(11)23-2/h5-6,8H,3-4,7,9H2,1-2H3,(H,17,20). The molecule has 7 nitrogen and oxygen atoms in total. The van der Waals surface area contributed by atoms with Crippen molar-refractivity contribution >= 4 is 35.1 Å². The third-order valence-electron chi connectivity index (χ3n) is 3.45. The molecule has 1 aliphatic heterocycles. The van der Waals surface area contributed by atoms with E-state index in [-0.39, 0.29) is 37.4 Å². The van der Waals surface area contributed by atoms with Crippen molar-refractivity contribution in [2.24, 2.45) is 0 Å². The Morgan fingerprint density at radius 3 is 2.74 bits per heavy atom. The largest absolute Gasteiger partial charge is 0.495 e. The van der Waals surface area contributed by atoms with Gasteiger partial charge in [-0.15, -0.1) is 0 Å². The Labute approximate surface area is 139 Å². The first-order valence-electron chi connectivity index (χ1n) is 7.11. The lowest BCUT2D eigenvalue weighted by molar-refractivity contribution is -0.125. The Balaban J connectivity index is 1.85. The average Bonchev–Trinajstić information content (AvgIpc) is 2.73. The van der Waals surface area contributed by atoms with Crippen LogP contribution in [0.3, 0.4) is 0 Å². The van der Waals surface area contributed by atoms with Crippen LogP contribution in [0.5, 0.6) is 5.75 Å². The molecule has 0 saturated carbocycles. The number of rotatable bonds is 6. The molecule has 23 heavy (non-hydrogen) atoms. The number of methoxy groups -OCH3 is 1. The summed E-state index contributed by atoms with van der Waals surface area (Å²) in [6.45, 7) is 0.312. The minimum absolute atomic E-state index is 0.0880. The number of anilines is 1. The molecule has 1 aromatic rings. The van der Waals surface area contributed by atoms with Gasteiger partial charge in [-0.25, -0.2) is 4.79 Å². The molecule has 8 heteroatoms. The summed E-state index contributed by atoms with van der Waals surface area (Å²) in [6.07, 6.45) is 0.566. The number of hydrogen-bond donors (Lipinski definition) is 1. The molecule has 1 saturated heterocycles. The first-order chi connectivity index (χ1) is 10.9. The van der Waals surface area contributed by atoms with Gasteiger partial charge in [0.25, 0.3) is 0 Å². The number of carbonyl (C=O) groups excluding carboxylic acids is 3. The molecule has 1 heterocycles. The van der Waals surface area contributed by atoms with E-state index in [0.717, 1.165) is 4.90 Å². The fourth-order valence-corrected chi connectivity index (χ4v) is 2.45. The van der Waals surface area contributed by atoms with E-state index in [9.17, 15) is 14.4 Å². The number of likely N-dealkylation sites (N-methyl/N-ethyl adjacent to an activating group) is 1. The van der Waals surface area contributed by atoms with Crippen molar-refractivity contribution in [2.75, 3.05) is 32.6 Å². The van der Waals surface area contributed by atoms with E-state index >= 15 is 0 Å². The zero-order chi connectivity index (χ0) is 17.0. The molecule has 0 aliphatic carbocycles. The number of nitrogens with one attached hydrogen (secondary N) is 1. The number of imide groups is 1. The van der Waals surface area contributed by atoms with Gasteiger partial charge < -0.3 is 15.0 Å². The van der Waals surface area contributed by atoms with Crippen LogP contribution in [-0.4, -0.2) is 54.9 Å². The van der Waals surface area contributed by atoms with E-state index in [4.69, 9.17) is 16.3 Å². The van der Waals surface area contributed by atoms with Gasteiger partial charge in [0.15, 0.2) is 0 Å². The first kappa shape index (κ1) is 17.1. The Morgan fingerprint density at radius 2 is 2.13 bits per heavy atom. The SMILES string of the molecule is COc1ccc(Cl)cc1NC(=O)CCCN1C(=O)CN(C)C1=O. The molecule has 0 aromatic heterocycles. The van der Waals surface area contributed by atoms with Crippen molar-refractivity contribution in [1.29, 1.82) is 0 Å². The molecule has 1 N–H and O–H groups in total. The molecule has 1 fully saturated rings. The number of nitrogens with zero attached hydrogens (tertiary/aromatic N) is 2. The number of amides is 4. The van der Waals surface area contributed by atoms with E-state index in [1.807, 2.05) is 0 Å². The van der Waals surface area contributed by atoms with Crippen LogP contribution in [0.25, 0.3) is 0 Å². The second kappa shape index (κ2) is 7.32. The number of ether oxygens (including phenoxy) is 1. The number of hydrogen-bond acceptors (Lipinski definition) is 4. The number of halogens is 1. The molecule has 2 rings (SSSR count). The maximum atomic E-state index is 12.0. The van der Waals surface area contributed by atoms with Gasteiger partial charge in [-0.1, -0.05) is 11.6 Å². The smallest absolute Gasteiger partial charge is 0.326 e. The van der Waals surface area contributed by atoms with Gasteiger partial charge in [0.05, 0.1) is 12.8 Å². The highest BCUT2D eigenvalue weighted by molar-refractivity contribution is 6.31. The van der Waals surface area contributed by atoms with Gasteiger partial charge >= 0.3 is 6.03 Å². The van der Waals surface area contributed by atoms with Gasteiger partial charge in [-0.05, 0) is 24.6 Å². The second-order valence-corrected chi connectivity index (χ2v) is 5.62. The van der Waals surface area contributed by atoms with Crippen molar-refractivity contribution in [3.63, 3.8) is 0 Å². The third-order valence-corrected chi connectivity index (χ3v) is 3.69. The first-order valence-corrected chi connectivity index (χ1v) is 7.49. The van der Waals surface area contributed by atoms with Crippen LogP contribution >= 0.6 is 11.6 Å². The highest BCUT2D eigenvalue weighted by atomic mass is 35.5. The Morgan fingerprint density at radius 1 is 1.39 bits per heavy atom. The Bertz CT molecular complexity index is 635. The van der Waals surface area contributed by atoms with Crippen molar-refractivity contribution in [2.45, 2.75) is 12.8 Å². The minimum Gasteiger partial charge on any atom is -0.495 e. The maximum absolute atomic E-state index is 12.0. The predicted molar refractivity (Wildman–Crippen MR) is 85.6 cm³/mol. The molecular weight excluding hydrogens is 322 g/mol. The number of carbonyl (C=O) groups is 3. The number of urea groups is 1. The van der Waals surface area contributed by atoms with E-state index < -0.39 is 0 Å². The van der Waals surface area contributed by atoms with Crippen molar-refractivity contribution < 1.29 is 19.1 Å². The summed E-state index contributed by atoms with van der Waals surface area (Å²) in [7, 11) is 3.07. The zero-order valence-electron chi connectivity index (χ0n) is 13.0. The summed E-state index contributed by atoms with van der Waals surface area (Å²) in [6, 6.07) is 4.60. The van der Waals surface area contributed by atoms with Crippen LogP contribution in [-0.2, 0) is 9.59 Å². The van der Waals surface area contributed by atoms with Gasteiger partial charge in [-0.2, -0.15) is 0 Å². The number of benzene rings is 1. The van der Waals surface area contributed by atoms with E-state index in [2.05, 4.69) is 5.32 Å². The summed E-state index contributed by atoms with van der Waals surface area (Å²) in [5, 5.41) is 3.20. The molecule has 4 amide bonds. The molecular formula is C15H18ClN3O4. The molecule has 0 radical (unpaired) electrons. The highest BCUT2D eigenvalue weighted by Crippen LogP contribution is 2.27. The fraction of sp³-hybridized carbons (Fsp3) is 0.400. The second-order valence-electron chi connectivity index (χ2n) is 5.18. The summed E-state index contributed by atoms with van der Waals surface area (Å²) >= 11 is 5.90. The van der Waals surface area contributed by atoms with Crippen molar-refractivity contribution in [3.05, 3.63) is 23.2 Å². The maximum Gasteiger partial charge on any atom is 0.326 e. The van der Waals surface area contributed by atoms with Crippen LogP contribution in [0.1, 0.15) is 12.8 Å². The van der Waals surface area contributed by atoms with Crippen LogP contribution in [0, 0.1) is 0 Å². The van der Waals surface area contributed by atoms with E-state index in [1.165, 1.54) is 12.0 Å². The summed E-state index contributed by atoms with van der Waals surface area (Å²) in [5.74, 6) is 0.0294. The Hall–Kier alpha value is -2.28. The average molecular weight is 340 g/mol. The van der Waals surface area contributed by atoms with Gasteiger partial charge in [-0.3, -0.25) is 14.5 Å². The molecule has 124 valence electrons. The predicted octanol–water partition coefficient (Wildman–Crippen LogP) is 1.96. The normalized spacial score (nSPS) is 14.4. The molecule has 0 bridgehead atoms. The quantitative estimate of drug-likeness (QED) is 0.803. The highest BCUT2D eigenvalue weighted by Gasteiger charge is 2.32. The lowest BCUT2D eigenvalue weighted by Gasteiger charge is -2.14. The topological polar surface area (TPSA) is 79.0 Å². The van der Waals surface area contributed by atoms with E-state index in [0.29, 0.717) is 22.9 Å². The van der Waals surface area contributed by atoms with Crippen LogP contribution in [0.4, 0.5) is 10.5 Å². The molecule has 1 aliphatic rings. The lowest BCUT2D eigenvalue weighted by atomic mass is 10.2. The monoisotopic (exact) mass is 339 g/mol. The van der Waals surface area contributed by atoms with Gasteiger partial charge in [0.2, 0.25) is 11.8 Å². The summed E-state index contributed by atoms with van der Waals surface area (Å²) in [4.78, 5) is 37.8. The van der Waals surface area contributed by atoms with Crippen molar-refractivity contribution in [3.8, 4) is 5.75 Å². The van der Waals surface area contributed by atoms with Crippen LogP contribution < -0.4 is 10.1 Å². The van der Waals surface area contributed by atoms with Crippen molar-refractivity contribution in [1.82, 2.24) is 9.80 Å². The van der Waals surface area contributed by atoms with Gasteiger partial charge in [0.1, 0.15) is 12.3 Å². The van der Waals surface area contributed by atoms with Crippen LogP contribution in [0.2, 0.25) is 5.02 Å². The van der Waals surface area contributed by atoms with Crippen LogP contribution in [0.15, 0.2) is 18.2 Å². The summed E-state index contributed by atoms with van der Waals surface area (Å²) < 4.78 is 5.15. The molecule has 1 aromatic carbocycles. The molecule has 0 unspecified atom stereocenters. The lowest BCUT2D eigenvalue weighted by Crippen LogP contribution is -2.32. The minimum atomic E-state index is -0.327. The fourth-order valence-electron chi connectivity index (χ4n) is 2.28. The van der Waals surface area contributed by atoms with E-state index in [1.54, 1.807) is 25.2 Å². The molecule has 0 atom stereocenters. The molecule has 0 spiro atoms. The third kappa shape index (κ3) is 4.13. The Kier molecular flexibility index (Phi) is 5.44. The van der Waals surface area contributed by atoms with Gasteiger partial charge in [0, 0.05) is 25.0 Å². The zero-order valence-corrected chi connectivity index (χ0v) is 13.7.